The molecule has 0 aliphatic heterocycles. The molecule has 17 heavy (non-hydrogen) atoms. The Morgan fingerprint density at radius 3 is 2.88 bits per heavy atom. The van der Waals surface area contributed by atoms with Crippen molar-refractivity contribution < 1.29 is 13.9 Å². The molecule has 1 aromatic rings. The Labute approximate surface area is 99.4 Å². The summed E-state index contributed by atoms with van der Waals surface area (Å²) in [4.78, 5) is 15.2. The van der Waals surface area contributed by atoms with Crippen LogP contribution in [0.5, 0.6) is 0 Å². The van der Waals surface area contributed by atoms with Gasteiger partial charge in [-0.3, -0.25) is 4.79 Å². The average molecular weight is 241 g/mol. The van der Waals surface area contributed by atoms with Gasteiger partial charge in [-0.2, -0.15) is 0 Å². The van der Waals surface area contributed by atoms with Crippen molar-refractivity contribution in [3.63, 3.8) is 0 Å². The van der Waals surface area contributed by atoms with Gasteiger partial charge in [-0.25, -0.2) is 9.37 Å². The van der Waals surface area contributed by atoms with Crippen LogP contribution in [0.4, 0.5) is 4.39 Å². The predicted molar refractivity (Wildman–Crippen MR) is 61.3 cm³/mol. The van der Waals surface area contributed by atoms with Crippen LogP contribution in [0.3, 0.4) is 0 Å². The van der Waals surface area contributed by atoms with Gasteiger partial charge in [-0.05, 0) is 12.1 Å². The molecule has 0 saturated carbocycles. The van der Waals surface area contributed by atoms with E-state index in [0.717, 1.165) is 12.7 Å². The SMILES string of the molecule is COCCNCCNC(=O)c1ccc(F)cn1. The minimum absolute atomic E-state index is 0.211. The molecule has 0 aromatic carbocycles. The number of aromatic nitrogens is 1. The van der Waals surface area contributed by atoms with Gasteiger partial charge in [0, 0.05) is 26.7 Å². The number of ether oxygens (including phenoxy) is 1. The van der Waals surface area contributed by atoms with Crippen LogP contribution in [0, 0.1) is 5.82 Å². The van der Waals surface area contributed by atoms with Crippen molar-refractivity contribution in [3.05, 3.63) is 29.8 Å². The summed E-state index contributed by atoms with van der Waals surface area (Å²) in [6, 6.07) is 2.56. The molecule has 1 heterocycles. The molecule has 1 rings (SSSR count). The van der Waals surface area contributed by atoms with Crippen LogP contribution in [0.15, 0.2) is 18.3 Å². The average Bonchev–Trinajstić information content (AvgIpc) is 2.34. The number of halogens is 1. The van der Waals surface area contributed by atoms with E-state index in [0.29, 0.717) is 19.7 Å². The molecule has 0 saturated heterocycles. The van der Waals surface area contributed by atoms with E-state index in [1.807, 2.05) is 0 Å². The number of hydrogen-bond acceptors (Lipinski definition) is 4. The number of methoxy groups -OCH3 is 1. The second-order valence-corrected chi connectivity index (χ2v) is 3.36. The number of pyridine rings is 1. The highest BCUT2D eigenvalue weighted by molar-refractivity contribution is 5.92. The highest BCUT2D eigenvalue weighted by Crippen LogP contribution is 1.97. The van der Waals surface area contributed by atoms with Gasteiger partial charge in [0.05, 0.1) is 12.8 Å². The van der Waals surface area contributed by atoms with Crippen molar-refractivity contribution in [2.45, 2.75) is 0 Å². The van der Waals surface area contributed by atoms with Crippen molar-refractivity contribution in [2.24, 2.45) is 0 Å². The number of carbonyl (C=O) groups is 1. The summed E-state index contributed by atoms with van der Waals surface area (Å²) in [6.07, 6.45) is 1.02. The summed E-state index contributed by atoms with van der Waals surface area (Å²) in [5.74, 6) is -0.763. The Bertz CT molecular complexity index is 343. The molecule has 0 atom stereocenters. The third kappa shape index (κ3) is 5.37. The topological polar surface area (TPSA) is 63.2 Å². The summed E-state index contributed by atoms with van der Waals surface area (Å²) in [5.41, 5.74) is 0.211. The molecule has 0 aliphatic rings. The van der Waals surface area contributed by atoms with E-state index in [-0.39, 0.29) is 11.6 Å². The highest BCUT2D eigenvalue weighted by atomic mass is 19.1. The van der Waals surface area contributed by atoms with E-state index in [9.17, 15) is 9.18 Å². The molecule has 0 spiro atoms. The number of nitrogens with one attached hydrogen (secondary N) is 2. The number of nitrogens with zero attached hydrogens (tertiary/aromatic N) is 1. The maximum absolute atomic E-state index is 12.6. The monoisotopic (exact) mass is 241 g/mol. The zero-order valence-corrected chi connectivity index (χ0v) is 9.70. The smallest absolute Gasteiger partial charge is 0.269 e. The third-order valence-electron chi connectivity index (χ3n) is 2.03. The van der Waals surface area contributed by atoms with Crippen molar-refractivity contribution in [1.29, 1.82) is 0 Å². The molecule has 1 amide bonds. The van der Waals surface area contributed by atoms with E-state index in [2.05, 4.69) is 15.6 Å². The largest absolute Gasteiger partial charge is 0.383 e. The Balaban J connectivity index is 2.19. The van der Waals surface area contributed by atoms with E-state index < -0.39 is 5.82 Å². The van der Waals surface area contributed by atoms with Crippen molar-refractivity contribution in [1.82, 2.24) is 15.6 Å². The maximum atomic E-state index is 12.6. The van der Waals surface area contributed by atoms with E-state index >= 15 is 0 Å². The van der Waals surface area contributed by atoms with Gasteiger partial charge in [0.25, 0.3) is 5.91 Å². The van der Waals surface area contributed by atoms with Crippen LogP contribution in [-0.2, 0) is 4.74 Å². The first-order chi connectivity index (χ1) is 8.24. The first-order valence-electron chi connectivity index (χ1n) is 5.33. The molecule has 0 unspecified atom stereocenters. The Morgan fingerprint density at radius 2 is 2.24 bits per heavy atom. The van der Waals surface area contributed by atoms with Crippen LogP contribution in [-0.4, -0.2) is 44.2 Å². The second-order valence-electron chi connectivity index (χ2n) is 3.36. The number of rotatable bonds is 7. The van der Waals surface area contributed by atoms with Crippen molar-refractivity contribution in [3.8, 4) is 0 Å². The van der Waals surface area contributed by atoms with Crippen LogP contribution in [0.2, 0.25) is 0 Å². The normalized spacial score (nSPS) is 10.2. The summed E-state index contributed by atoms with van der Waals surface area (Å²) >= 11 is 0. The van der Waals surface area contributed by atoms with Crippen LogP contribution in [0.25, 0.3) is 0 Å². The van der Waals surface area contributed by atoms with E-state index in [1.54, 1.807) is 7.11 Å². The molecule has 0 aliphatic carbocycles. The molecule has 6 heteroatoms. The Kier molecular flexibility index (Phi) is 6.13. The van der Waals surface area contributed by atoms with Gasteiger partial charge in [0.1, 0.15) is 11.5 Å². The number of hydrogen-bond donors (Lipinski definition) is 2. The number of amides is 1. The standard InChI is InChI=1S/C11H16FN3O2/c1-17-7-6-13-4-5-14-11(16)10-3-2-9(12)8-15-10/h2-3,8,13H,4-7H2,1H3,(H,14,16). The molecular weight excluding hydrogens is 225 g/mol. The molecule has 0 fully saturated rings. The van der Waals surface area contributed by atoms with Gasteiger partial charge in [-0.15, -0.1) is 0 Å². The minimum Gasteiger partial charge on any atom is -0.383 e. The van der Waals surface area contributed by atoms with Gasteiger partial charge in [-0.1, -0.05) is 0 Å². The lowest BCUT2D eigenvalue weighted by molar-refractivity contribution is 0.0948. The molecule has 1 aromatic heterocycles. The molecule has 94 valence electrons. The zero-order chi connectivity index (χ0) is 12.5. The zero-order valence-electron chi connectivity index (χ0n) is 9.70. The highest BCUT2D eigenvalue weighted by Gasteiger charge is 2.05. The summed E-state index contributed by atoms with van der Waals surface area (Å²) in [6.45, 7) is 2.51. The molecule has 0 radical (unpaired) electrons. The van der Waals surface area contributed by atoms with E-state index in [4.69, 9.17) is 4.74 Å². The minimum atomic E-state index is -0.456. The lowest BCUT2D eigenvalue weighted by Gasteiger charge is -2.05. The summed E-state index contributed by atoms with van der Waals surface area (Å²) in [5, 5.41) is 5.75. The Morgan fingerprint density at radius 1 is 1.41 bits per heavy atom. The quantitative estimate of drug-likeness (QED) is 0.669. The fraction of sp³-hybridized carbons (Fsp3) is 0.455. The van der Waals surface area contributed by atoms with Gasteiger partial charge >= 0.3 is 0 Å². The van der Waals surface area contributed by atoms with Crippen molar-refractivity contribution in [2.75, 3.05) is 33.4 Å². The fourth-order valence-corrected chi connectivity index (χ4v) is 1.16. The molecular formula is C11H16FN3O2. The van der Waals surface area contributed by atoms with Gasteiger partial charge in [0.15, 0.2) is 0 Å². The summed E-state index contributed by atoms with van der Waals surface area (Å²) in [7, 11) is 1.63. The van der Waals surface area contributed by atoms with Crippen LogP contribution in [0.1, 0.15) is 10.5 Å². The first kappa shape index (κ1) is 13.5. The molecule has 5 nitrogen and oxygen atoms in total. The van der Waals surface area contributed by atoms with Gasteiger partial charge in [0.2, 0.25) is 0 Å². The van der Waals surface area contributed by atoms with Crippen molar-refractivity contribution >= 4 is 5.91 Å². The Hall–Kier alpha value is -1.53. The van der Waals surface area contributed by atoms with Crippen LogP contribution >= 0.6 is 0 Å². The van der Waals surface area contributed by atoms with Crippen LogP contribution < -0.4 is 10.6 Å². The lowest BCUT2D eigenvalue weighted by atomic mass is 10.3. The predicted octanol–water partition coefficient (Wildman–Crippen LogP) is 0.186. The second kappa shape index (κ2) is 7.70. The third-order valence-corrected chi connectivity index (χ3v) is 2.03. The number of carbonyl (C=O) groups excluding carboxylic acids is 1. The van der Waals surface area contributed by atoms with E-state index in [1.165, 1.54) is 12.1 Å². The lowest BCUT2D eigenvalue weighted by Crippen LogP contribution is -2.33. The molecule has 0 bridgehead atoms. The van der Waals surface area contributed by atoms with Gasteiger partial charge < -0.3 is 15.4 Å². The first-order valence-corrected chi connectivity index (χ1v) is 5.33. The fourth-order valence-electron chi connectivity index (χ4n) is 1.16. The molecule has 2 N–H and O–H groups in total. The summed E-state index contributed by atoms with van der Waals surface area (Å²) < 4.78 is 17.4. The maximum Gasteiger partial charge on any atom is 0.269 e.